The van der Waals surface area contributed by atoms with Crippen LogP contribution in [0.3, 0.4) is 0 Å². The number of furan rings is 1. The molecule has 0 aliphatic carbocycles. The van der Waals surface area contributed by atoms with Crippen molar-refractivity contribution in [2.75, 3.05) is 0 Å². The molecule has 7 heteroatoms. The van der Waals surface area contributed by atoms with Crippen molar-refractivity contribution in [2.45, 2.75) is 6.54 Å². The Bertz CT molecular complexity index is 1470. The third-order valence-electron chi connectivity index (χ3n) is 4.70. The first-order valence-corrected chi connectivity index (χ1v) is 10.1. The molecule has 0 aliphatic heterocycles. The summed E-state index contributed by atoms with van der Waals surface area (Å²) in [5.41, 5.74) is 0.0406. The third kappa shape index (κ3) is 3.06. The van der Waals surface area contributed by atoms with Gasteiger partial charge in [0.05, 0.1) is 12.8 Å². The highest BCUT2D eigenvalue weighted by molar-refractivity contribution is 7.24. The Morgan fingerprint density at radius 2 is 1.79 bits per heavy atom. The van der Waals surface area contributed by atoms with Gasteiger partial charge in [0.2, 0.25) is 5.43 Å². The van der Waals surface area contributed by atoms with Crippen LogP contribution in [0.2, 0.25) is 5.02 Å². The Labute approximate surface area is 173 Å². The van der Waals surface area contributed by atoms with Gasteiger partial charge in [-0.25, -0.2) is 4.98 Å². The van der Waals surface area contributed by atoms with Crippen LogP contribution in [-0.2, 0) is 6.54 Å². The summed E-state index contributed by atoms with van der Waals surface area (Å²) in [6.45, 7) is 0.170. The molecular formula is C22H13ClN2O3S. The van der Waals surface area contributed by atoms with Crippen molar-refractivity contribution in [3.05, 3.63) is 98.3 Å². The molecule has 0 saturated heterocycles. The van der Waals surface area contributed by atoms with E-state index in [4.69, 9.17) is 21.0 Å². The van der Waals surface area contributed by atoms with Gasteiger partial charge >= 0.3 is 0 Å². The molecule has 0 bridgehead atoms. The van der Waals surface area contributed by atoms with Gasteiger partial charge in [0.1, 0.15) is 21.8 Å². The molecule has 0 fully saturated rings. The maximum Gasteiger partial charge on any atom is 0.266 e. The van der Waals surface area contributed by atoms with Gasteiger partial charge in [0.25, 0.3) is 5.56 Å². The van der Waals surface area contributed by atoms with Crippen LogP contribution in [0.1, 0.15) is 5.76 Å². The van der Waals surface area contributed by atoms with Crippen molar-refractivity contribution >= 4 is 43.2 Å². The minimum absolute atomic E-state index is 0.0953. The molecule has 3 heterocycles. The van der Waals surface area contributed by atoms with E-state index in [1.807, 2.05) is 12.1 Å². The lowest BCUT2D eigenvalue weighted by Crippen LogP contribution is -2.27. The van der Waals surface area contributed by atoms with Crippen molar-refractivity contribution < 1.29 is 4.42 Å². The van der Waals surface area contributed by atoms with E-state index in [9.17, 15) is 9.59 Å². The molecule has 0 atom stereocenters. The van der Waals surface area contributed by atoms with Crippen molar-refractivity contribution in [1.29, 1.82) is 0 Å². The minimum Gasteiger partial charge on any atom is -0.467 e. The third-order valence-corrected chi connectivity index (χ3v) is 6.01. The number of benzene rings is 2. The zero-order chi connectivity index (χ0) is 20.0. The predicted octanol–water partition coefficient (Wildman–Crippen LogP) is 4.93. The lowest BCUT2D eigenvalue weighted by atomic mass is 10.2. The van der Waals surface area contributed by atoms with Crippen molar-refractivity contribution in [3.8, 4) is 11.4 Å². The Morgan fingerprint density at radius 3 is 2.55 bits per heavy atom. The van der Waals surface area contributed by atoms with Gasteiger partial charge in [-0.05, 0) is 48.5 Å². The first-order valence-electron chi connectivity index (χ1n) is 8.86. The molecule has 142 valence electrons. The summed E-state index contributed by atoms with van der Waals surface area (Å²) in [4.78, 5) is 31.7. The summed E-state index contributed by atoms with van der Waals surface area (Å²) in [6.07, 6.45) is 1.55. The lowest BCUT2D eigenvalue weighted by Gasteiger charge is -2.13. The van der Waals surface area contributed by atoms with Crippen LogP contribution in [-0.4, -0.2) is 9.55 Å². The number of nitrogens with zero attached hydrogens (tertiary/aromatic N) is 2. The summed E-state index contributed by atoms with van der Waals surface area (Å²) in [7, 11) is 0. The molecule has 0 unspecified atom stereocenters. The molecule has 5 rings (SSSR count). The topological polar surface area (TPSA) is 65.1 Å². The highest BCUT2D eigenvalue weighted by Crippen LogP contribution is 2.26. The smallest absolute Gasteiger partial charge is 0.266 e. The zero-order valence-corrected chi connectivity index (χ0v) is 16.5. The van der Waals surface area contributed by atoms with Gasteiger partial charge in [0.15, 0.2) is 0 Å². The fourth-order valence-electron chi connectivity index (χ4n) is 3.31. The van der Waals surface area contributed by atoms with E-state index in [0.29, 0.717) is 26.8 Å². The molecule has 0 aliphatic rings. The first-order chi connectivity index (χ1) is 14.1. The average molecular weight is 421 g/mol. The molecule has 0 radical (unpaired) electrons. The summed E-state index contributed by atoms with van der Waals surface area (Å²) < 4.78 is 7.70. The van der Waals surface area contributed by atoms with Crippen molar-refractivity contribution in [3.63, 3.8) is 0 Å². The second-order valence-electron chi connectivity index (χ2n) is 6.52. The van der Waals surface area contributed by atoms with Gasteiger partial charge in [-0.15, -0.1) is 11.3 Å². The van der Waals surface area contributed by atoms with Crippen LogP contribution in [0.4, 0.5) is 0 Å². The van der Waals surface area contributed by atoms with Gasteiger partial charge in [0, 0.05) is 20.7 Å². The van der Waals surface area contributed by atoms with Crippen LogP contribution >= 0.6 is 22.9 Å². The van der Waals surface area contributed by atoms with Crippen molar-refractivity contribution in [2.24, 2.45) is 0 Å². The highest BCUT2D eigenvalue weighted by atomic mass is 35.5. The molecule has 5 nitrogen and oxygen atoms in total. The van der Waals surface area contributed by atoms with E-state index >= 15 is 0 Å². The number of hydrogen-bond acceptors (Lipinski definition) is 5. The summed E-state index contributed by atoms with van der Waals surface area (Å²) in [6, 6.07) is 17.9. The predicted molar refractivity (Wildman–Crippen MR) is 116 cm³/mol. The largest absolute Gasteiger partial charge is 0.467 e. The first kappa shape index (κ1) is 17.8. The second kappa shape index (κ2) is 6.99. The molecule has 5 aromatic rings. The van der Waals surface area contributed by atoms with Crippen LogP contribution < -0.4 is 11.0 Å². The van der Waals surface area contributed by atoms with Gasteiger partial charge in [-0.3, -0.25) is 14.2 Å². The lowest BCUT2D eigenvalue weighted by molar-refractivity contribution is 0.490. The fourth-order valence-corrected chi connectivity index (χ4v) is 4.48. The van der Waals surface area contributed by atoms with E-state index < -0.39 is 0 Å². The van der Waals surface area contributed by atoms with E-state index in [2.05, 4.69) is 0 Å². The van der Waals surface area contributed by atoms with E-state index in [1.54, 1.807) is 54.8 Å². The zero-order valence-electron chi connectivity index (χ0n) is 15.0. The molecule has 3 aromatic heterocycles. The molecule has 29 heavy (non-hydrogen) atoms. The molecule has 0 amide bonds. The molecule has 0 saturated carbocycles. The van der Waals surface area contributed by atoms with Crippen molar-refractivity contribution in [1.82, 2.24) is 9.55 Å². The van der Waals surface area contributed by atoms with Crippen LogP contribution in [0.25, 0.3) is 31.7 Å². The summed E-state index contributed by atoms with van der Waals surface area (Å²) in [5.74, 6) is 1.06. The molecular weight excluding hydrogens is 408 g/mol. The highest BCUT2D eigenvalue weighted by Gasteiger charge is 2.18. The standard InChI is InChI=1S/C22H13ClN2O3S/c23-14-9-7-13(8-10-14)20-24-21-18(19(26)16-5-1-2-6-17(16)29-21)22(27)25(20)12-15-4-3-11-28-15/h1-11H,12H2. The Balaban J connectivity index is 1.88. The van der Waals surface area contributed by atoms with Crippen LogP contribution in [0, 0.1) is 0 Å². The summed E-state index contributed by atoms with van der Waals surface area (Å²) in [5, 5.41) is 1.20. The minimum atomic E-state index is -0.386. The van der Waals surface area contributed by atoms with E-state index in [1.165, 1.54) is 15.9 Å². The number of fused-ring (bicyclic) bond motifs is 2. The number of rotatable bonds is 3. The summed E-state index contributed by atoms with van der Waals surface area (Å²) >= 11 is 7.36. The molecule has 0 N–H and O–H groups in total. The average Bonchev–Trinajstić information content (AvgIpc) is 3.24. The number of aromatic nitrogens is 2. The van der Waals surface area contributed by atoms with Gasteiger partial charge < -0.3 is 4.42 Å². The molecule has 2 aromatic carbocycles. The van der Waals surface area contributed by atoms with E-state index in [0.717, 1.165) is 10.3 Å². The van der Waals surface area contributed by atoms with Crippen LogP contribution in [0.5, 0.6) is 0 Å². The van der Waals surface area contributed by atoms with Gasteiger partial charge in [-0.1, -0.05) is 23.7 Å². The normalized spacial score (nSPS) is 11.3. The Morgan fingerprint density at radius 1 is 1.00 bits per heavy atom. The SMILES string of the molecule is O=c1c2ccccc2sc2nc(-c3ccc(Cl)cc3)n(Cc3ccco3)c(=O)c12. The quantitative estimate of drug-likeness (QED) is 0.388. The number of hydrogen-bond donors (Lipinski definition) is 0. The Kier molecular flexibility index (Phi) is 4.30. The monoisotopic (exact) mass is 420 g/mol. The van der Waals surface area contributed by atoms with E-state index in [-0.39, 0.29) is 22.9 Å². The Hall–Kier alpha value is -3.22. The number of halogens is 1. The fraction of sp³-hybridized carbons (Fsp3) is 0.0455. The second-order valence-corrected chi connectivity index (χ2v) is 7.99. The maximum atomic E-state index is 13.4. The van der Waals surface area contributed by atoms with Crippen LogP contribution in [0.15, 0.2) is 80.9 Å². The van der Waals surface area contributed by atoms with Gasteiger partial charge in [-0.2, -0.15) is 0 Å². The molecule has 0 spiro atoms. The maximum absolute atomic E-state index is 13.4.